The minimum atomic E-state index is -3.11. The van der Waals surface area contributed by atoms with Crippen molar-refractivity contribution in [2.45, 2.75) is 39.2 Å². The molecule has 1 saturated carbocycles. The lowest BCUT2D eigenvalue weighted by atomic mass is 10.1. The normalized spacial score (nSPS) is 18.2. The van der Waals surface area contributed by atoms with E-state index in [0.717, 1.165) is 19.3 Å². The van der Waals surface area contributed by atoms with Crippen molar-refractivity contribution < 1.29 is 8.42 Å². The second kappa shape index (κ2) is 6.79. The van der Waals surface area contributed by atoms with Crippen LogP contribution >= 0.6 is 12.4 Å². The van der Waals surface area contributed by atoms with Gasteiger partial charge in [-0.25, -0.2) is 13.1 Å². The van der Waals surface area contributed by atoms with E-state index in [9.17, 15) is 8.42 Å². The third-order valence-corrected chi connectivity index (χ3v) is 4.14. The predicted octanol–water partition coefficient (Wildman–Crippen LogP) is 1.11. The summed E-state index contributed by atoms with van der Waals surface area (Å²) < 4.78 is 26.0. The van der Waals surface area contributed by atoms with E-state index in [1.165, 1.54) is 0 Å². The molecule has 4 nitrogen and oxygen atoms in total. The monoisotopic (exact) mass is 270 g/mol. The van der Waals surface area contributed by atoms with Crippen LogP contribution in [0.3, 0.4) is 0 Å². The first-order chi connectivity index (χ1) is 6.93. The summed E-state index contributed by atoms with van der Waals surface area (Å²) in [5.74, 6) is 1.13. The van der Waals surface area contributed by atoms with Crippen LogP contribution < -0.4 is 10.5 Å². The van der Waals surface area contributed by atoms with Crippen LogP contribution in [0, 0.1) is 11.8 Å². The van der Waals surface area contributed by atoms with Crippen molar-refractivity contribution in [1.29, 1.82) is 0 Å². The van der Waals surface area contributed by atoms with Crippen LogP contribution in [-0.4, -0.2) is 26.8 Å². The number of hydrogen-bond donors (Lipinski definition) is 2. The zero-order valence-electron chi connectivity index (χ0n) is 9.98. The van der Waals surface area contributed by atoms with Gasteiger partial charge in [-0.15, -0.1) is 12.4 Å². The molecule has 1 rings (SSSR count). The van der Waals surface area contributed by atoms with Gasteiger partial charge in [-0.05, 0) is 31.1 Å². The average molecular weight is 271 g/mol. The fourth-order valence-corrected chi connectivity index (χ4v) is 3.41. The first-order valence-electron chi connectivity index (χ1n) is 5.63. The van der Waals surface area contributed by atoms with Crippen LogP contribution in [0.15, 0.2) is 0 Å². The minimum absolute atomic E-state index is 0. The molecule has 0 bridgehead atoms. The van der Waals surface area contributed by atoms with Crippen LogP contribution in [0.2, 0.25) is 0 Å². The van der Waals surface area contributed by atoms with E-state index in [-0.39, 0.29) is 24.2 Å². The van der Waals surface area contributed by atoms with E-state index >= 15 is 0 Å². The van der Waals surface area contributed by atoms with Crippen molar-refractivity contribution >= 4 is 22.4 Å². The van der Waals surface area contributed by atoms with Gasteiger partial charge in [0.25, 0.3) is 0 Å². The van der Waals surface area contributed by atoms with E-state index in [1.807, 2.05) is 0 Å². The molecule has 0 amide bonds. The highest BCUT2D eigenvalue weighted by Gasteiger charge is 2.29. The van der Waals surface area contributed by atoms with Crippen molar-refractivity contribution in [2.75, 3.05) is 12.3 Å². The molecule has 98 valence electrons. The highest BCUT2D eigenvalue weighted by atomic mass is 35.5. The predicted molar refractivity (Wildman–Crippen MR) is 69.2 cm³/mol. The van der Waals surface area contributed by atoms with Gasteiger partial charge in [-0.2, -0.15) is 0 Å². The number of sulfonamides is 1. The average Bonchev–Trinajstić information content (AvgIpc) is 2.84. The molecule has 16 heavy (non-hydrogen) atoms. The lowest BCUT2D eigenvalue weighted by molar-refractivity contribution is 0.464. The van der Waals surface area contributed by atoms with Crippen molar-refractivity contribution in [1.82, 2.24) is 4.72 Å². The number of nitrogens with two attached hydrogens (primary N) is 1. The summed E-state index contributed by atoms with van der Waals surface area (Å²) in [7, 11) is -3.11. The second-order valence-corrected chi connectivity index (χ2v) is 6.70. The Morgan fingerprint density at radius 3 is 2.31 bits per heavy atom. The van der Waals surface area contributed by atoms with Crippen molar-refractivity contribution in [3.8, 4) is 0 Å². The van der Waals surface area contributed by atoms with Crippen LogP contribution in [0.4, 0.5) is 0 Å². The molecule has 6 heteroatoms. The van der Waals surface area contributed by atoms with Crippen LogP contribution in [0.1, 0.15) is 33.1 Å². The summed E-state index contributed by atoms with van der Waals surface area (Å²) in [6.07, 6.45) is 2.91. The largest absolute Gasteiger partial charge is 0.329 e. The summed E-state index contributed by atoms with van der Waals surface area (Å²) in [6.45, 7) is 4.51. The smallest absolute Gasteiger partial charge is 0.212 e. The number of halogens is 1. The number of nitrogens with one attached hydrogen (secondary N) is 1. The van der Waals surface area contributed by atoms with E-state index < -0.39 is 10.0 Å². The first kappa shape index (κ1) is 16.2. The highest BCUT2D eigenvalue weighted by molar-refractivity contribution is 7.89. The van der Waals surface area contributed by atoms with E-state index in [2.05, 4.69) is 18.6 Å². The lowest BCUT2D eigenvalue weighted by Gasteiger charge is -2.18. The molecule has 0 aromatic rings. The summed E-state index contributed by atoms with van der Waals surface area (Å²) in [5, 5.41) is 0. The first-order valence-corrected chi connectivity index (χ1v) is 7.28. The molecular weight excluding hydrogens is 248 g/mol. The summed E-state index contributed by atoms with van der Waals surface area (Å²) in [5.41, 5.74) is 5.55. The third kappa shape index (κ3) is 6.68. The van der Waals surface area contributed by atoms with Gasteiger partial charge in [0.2, 0.25) is 10.0 Å². The Morgan fingerprint density at radius 1 is 1.38 bits per heavy atom. The fourth-order valence-electron chi connectivity index (χ4n) is 1.66. The molecule has 0 aromatic heterocycles. The maximum absolute atomic E-state index is 11.7. The fraction of sp³-hybridized carbons (Fsp3) is 1.00. The van der Waals surface area contributed by atoms with Gasteiger partial charge >= 0.3 is 0 Å². The topological polar surface area (TPSA) is 72.2 Å². The van der Waals surface area contributed by atoms with Gasteiger partial charge < -0.3 is 5.73 Å². The second-order valence-electron chi connectivity index (χ2n) is 4.90. The zero-order chi connectivity index (χ0) is 11.5. The standard InChI is InChI=1S/C10H22N2O2S.ClH/c1-8(2)5-10(6-11)12-15(13,14)7-9-3-4-9;/h8-10,12H,3-7,11H2,1-2H3;1H. The number of rotatable bonds is 7. The van der Waals surface area contributed by atoms with Gasteiger partial charge in [-0.3, -0.25) is 0 Å². The highest BCUT2D eigenvalue weighted by Crippen LogP contribution is 2.30. The molecule has 3 N–H and O–H groups in total. The summed E-state index contributed by atoms with van der Waals surface area (Å²) in [4.78, 5) is 0. The molecule has 1 unspecified atom stereocenters. The Labute approximate surface area is 105 Å². The van der Waals surface area contributed by atoms with Gasteiger partial charge in [0.05, 0.1) is 5.75 Å². The molecule has 0 radical (unpaired) electrons. The molecule has 0 aliphatic heterocycles. The van der Waals surface area contributed by atoms with Crippen molar-refractivity contribution in [3.05, 3.63) is 0 Å². The molecule has 1 aliphatic carbocycles. The zero-order valence-corrected chi connectivity index (χ0v) is 11.6. The minimum Gasteiger partial charge on any atom is -0.329 e. The molecule has 1 fully saturated rings. The maximum Gasteiger partial charge on any atom is 0.212 e. The van der Waals surface area contributed by atoms with Crippen LogP contribution in [-0.2, 0) is 10.0 Å². The van der Waals surface area contributed by atoms with Gasteiger partial charge in [0.1, 0.15) is 0 Å². The Bertz CT molecular complexity index is 289. The van der Waals surface area contributed by atoms with E-state index in [0.29, 0.717) is 18.4 Å². The Kier molecular flexibility index (Phi) is 6.86. The molecule has 1 aliphatic rings. The quantitative estimate of drug-likeness (QED) is 0.728. The van der Waals surface area contributed by atoms with Gasteiger partial charge in [0.15, 0.2) is 0 Å². The molecule has 0 heterocycles. The van der Waals surface area contributed by atoms with Crippen molar-refractivity contribution in [3.63, 3.8) is 0 Å². The number of hydrogen-bond acceptors (Lipinski definition) is 3. The Balaban J connectivity index is 0.00000225. The molecular formula is C10H23ClN2O2S. The van der Waals surface area contributed by atoms with Crippen LogP contribution in [0.5, 0.6) is 0 Å². The van der Waals surface area contributed by atoms with E-state index in [1.54, 1.807) is 0 Å². The lowest BCUT2D eigenvalue weighted by Crippen LogP contribution is -2.42. The Hall–Kier alpha value is 0.160. The van der Waals surface area contributed by atoms with Crippen LogP contribution in [0.25, 0.3) is 0 Å². The summed E-state index contributed by atoms with van der Waals surface area (Å²) >= 11 is 0. The van der Waals surface area contributed by atoms with E-state index in [4.69, 9.17) is 5.73 Å². The third-order valence-electron chi connectivity index (χ3n) is 2.54. The van der Waals surface area contributed by atoms with Crippen molar-refractivity contribution in [2.24, 2.45) is 17.6 Å². The Morgan fingerprint density at radius 2 is 1.94 bits per heavy atom. The van der Waals surface area contributed by atoms with Gasteiger partial charge in [-0.1, -0.05) is 13.8 Å². The molecule has 0 saturated heterocycles. The maximum atomic E-state index is 11.7. The SMILES string of the molecule is CC(C)CC(CN)NS(=O)(=O)CC1CC1.Cl. The van der Waals surface area contributed by atoms with Gasteiger partial charge in [0, 0.05) is 12.6 Å². The molecule has 0 spiro atoms. The summed E-state index contributed by atoms with van der Waals surface area (Å²) in [6, 6.07) is -0.103. The molecule has 1 atom stereocenters. The molecule has 0 aromatic carbocycles.